The minimum Gasteiger partial charge on any atom is -0.480 e. The number of anilines is 1. The van der Waals surface area contributed by atoms with E-state index < -0.39 is 21.7 Å². The number of carboxylic acids is 1. The van der Waals surface area contributed by atoms with Crippen molar-refractivity contribution in [3.8, 4) is 0 Å². The van der Waals surface area contributed by atoms with E-state index in [0.717, 1.165) is 0 Å². The fraction of sp³-hybridized carbons (Fsp3) is 0.143. The van der Waals surface area contributed by atoms with E-state index in [1.54, 1.807) is 0 Å². The number of carboxylic acid groups (broad SMARTS) is 1. The van der Waals surface area contributed by atoms with E-state index in [0.29, 0.717) is 4.47 Å². The molecule has 1 heterocycles. The normalized spacial score (nSPS) is 11.1. The number of nitrogens with one attached hydrogen (secondary N) is 1. The predicted octanol–water partition coefficient (Wildman–Crippen LogP) is 1.32. The molecule has 0 aliphatic heterocycles. The van der Waals surface area contributed by atoms with Gasteiger partial charge in [0.2, 0.25) is 10.0 Å². The Morgan fingerprint density at radius 3 is 2.75 bits per heavy atom. The van der Waals surface area contributed by atoms with Gasteiger partial charge in [0.15, 0.2) is 5.75 Å². The van der Waals surface area contributed by atoms with Gasteiger partial charge in [-0.3, -0.25) is 9.52 Å². The van der Waals surface area contributed by atoms with Crippen molar-refractivity contribution in [3.63, 3.8) is 0 Å². The van der Waals surface area contributed by atoms with Crippen LogP contribution in [-0.4, -0.2) is 30.2 Å². The van der Waals surface area contributed by atoms with E-state index in [-0.39, 0.29) is 10.8 Å². The highest BCUT2D eigenvalue weighted by Gasteiger charge is 2.16. The summed E-state index contributed by atoms with van der Waals surface area (Å²) in [6.45, 7) is 0. The molecule has 0 fully saturated rings. The standard InChI is InChI=1S/C7H6BrClN2O4S/c8-5-1-4(2-10-7(5)9)11-16(14,15)3-6(12)13/h1-2,11H,3H2,(H,12,13). The quantitative estimate of drug-likeness (QED) is 0.812. The average molecular weight is 330 g/mol. The molecule has 16 heavy (non-hydrogen) atoms. The van der Waals surface area contributed by atoms with Crippen molar-refractivity contribution in [2.24, 2.45) is 0 Å². The van der Waals surface area contributed by atoms with Gasteiger partial charge in [-0.25, -0.2) is 13.4 Å². The third-order valence-corrected chi connectivity index (χ3v) is 3.69. The van der Waals surface area contributed by atoms with Crippen molar-refractivity contribution in [1.82, 2.24) is 4.98 Å². The van der Waals surface area contributed by atoms with Crippen LogP contribution < -0.4 is 4.72 Å². The number of sulfonamides is 1. The van der Waals surface area contributed by atoms with Gasteiger partial charge in [-0.1, -0.05) is 11.6 Å². The molecular weight excluding hydrogens is 324 g/mol. The van der Waals surface area contributed by atoms with Crippen molar-refractivity contribution in [3.05, 3.63) is 21.9 Å². The predicted molar refractivity (Wildman–Crippen MR) is 62.0 cm³/mol. The summed E-state index contributed by atoms with van der Waals surface area (Å²) in [4.78, 5) is 13.9. The van der Waals surface area contributed by atoms with Gasteiger partial charge in [0.05, 0.1) is 16.4 Å². The van der Waals surface area contributed by atoms with E-state index in [4.69, 9.17) is 16.7 Å². The summed E-state index contributed by atoms with van der Waals surface area (Å²) in [5, 5.41) is 8.54. The Balaban J connectivity index is 2.88. The Kier molecular flexibility index (Phi) is 4.11. The lowest BCUT2D eigenvalue weighted by Gasteiger charge is -2.06. The molecule has 0 atom stereocenters. The molecule has 0 aliphatic carbocycles. The summed E-state index contributed by atoms with van der Waals surface area (Å²) < 4.78 is 24.9. The summed E-state index contributed by atoms with van der Waals surface area (Å²) >= 11 is 8.67. The second kappa shape index (κ2) is 4.98. The van der Waals surface area contributed by atoms with Crippen LogP contribution in [0.4, 0.5) is 5.69 Å². The molecule has 1 rings (SSSR count). The van der Waals surface area contributed by atoms with E-state index >= 15 is 0 Å². The Morgan fingerprint density at radius 1 is 1.62 bits per heavy atom. The SMILES string of the molecule is O=C(O)CS(=O)(=O)Nc1cnc(Cl)c(Br)c1. The minimum atomic E-state index is -3.92. The molecule has 1 aromatic rings. The number of hydrogen-bond donors (Lipinski definition) is 2. The molecule has 0 saturated heterocycles. The first-order chi connectivity index (χ1) is 7.30. The van der Waals surface area contributed by atoms with Gasteiger partial charge < -0.3 is 5.11 Å². The van der Waals surface area contributed by atoms with Gasteiger partial charge in [-0.2, -0.15) is 0 Å². The van der Waals surface area contributed by atoms with E-state index in [9.17, 15) is 13.2 Å². The Labute approximate surface area is 105 Å². The van der Waals surface area contributed by atoms with Crippen LogP contribution in [0.2, 0.25) is 5.15 Å². The van der Waals surface area contributed by atoms with E-state index in [1.165, 1.54) is 12.3 Å². The maximum Gasteiger partial charge on any atom is 0.320 e. The van der Waals surface area contributed by atoms with Crippen molar-refractivity contribution >= 4 is 49.2 Å². The summed E-state index contributed by atoms with van der Waals surface area (Å²) in [5.41, 5.74) is 0.137. The summed E-state index contributed by atoms with van der Waals surface area (Å²) in [6.07, 6.45) is 1.19. The van der Waals surface area contributed by atoms with Crippen LogP contribution in [0.25, 0.3) is 0 Å². The van der Waals surface area contributed by atoms with Crippen molar-refractivity contribution < 1.29 is 18.3 Å². The lowest BCUT2D eigenvalue weighted by Crippen LogP contribution is -2.22. The number of hydrogen-bond acceptors (Lipinski definition) is 4. The fourth-order valence-corrected chi connectivity index (χ4v) is 2.18. The van der Waals surface area contributed by atoms with Crippen LogP contribution in [0.1, 0.15) is 0 Å². The van der Waals surface area contributed by atoms with E-state index in [1.807, 2.05) is 0 Å². The second-order valence-electron chi connectivity index (χ2n) is 2.75. The third-order valence-electron chi connectivity index (χ3n) is 1.38. The molecule has 0 aromatic carbocycles. The van der Waals surface area contributed by atoms with Crippen LogP contribution >= 0.6 is 27.5 Å². The second-order valence-corrected chi connectivity index (χ2v) is 5.69. The highest BCUT2D eigenvalue weighted by Crippen LogP contribution is 2.23. The largest absolute Gasteiger partial charge is 0.480 e. The fourth-order valence-electron chi connectivity index (χ4n) is 0.855. The van der Waals surface area contributed by atoms with Gasteiger partial charge in [-0.15, -0.1) is 0 Å². The van der Waals surface area contributed by atoms with E-state index in [2.05, 4.69) is 25.6 Å². The number of nitrogens with zero attached hydrogens (tertiary/aromatic N) is 1. The molecule has 88 valence electrons. The number of pyridine rings is 1. The van der Waals surface area contributed by atoms with Crippen LogP contribution in [0, 0.1) is 0 Å². The van der Waals surface area contributed by atoms with Gasteiger partial charge in [0.1, 0.15) is 5.15 Å². The number of aromatic nitrogens is 1. The first-order valence-corrected chi connectivity index (χ1v) is 6.66. The summed E-state index contributed by atoms with van der Waals surface area (Å²) in [6, 6.07) is 1.38. The van der Waals surface area contributed by atoms with Crippen LogP contribution in [0.15, 0.2) is 16.7 Å². The molecule has 1 aromatic heterocycles. The van der Waals surface area contributed by atoms with Gasteiger partial charge in [0.25, 0.3) is 0 Å². The number of halogens is 2. The van der Waals surface area contributed by atoms with Gasteiger partial charge in [0, 0.05) is 0 Å². The molecule has 0 bridgehead atoms. The molecule has 6 nitrogen and oxygen atoms in total. The summed E-state index contributed by atoms with van der Waals surface area (Å²) in [7, 11) is -3.92. The zero-order valence-corrected chi connectivity index (χ0v) is 10.8. The zero-order chi connectivity index (χ0) is 12.3. The lowest BCUT2D eigenvalue weighted by molar-refractivity contribution is -0.134. The monoisotopic (exact) mass is 328 g/mol. The first-order valence-electron chi connectivity index (χ1n) is 3.83. The molecule has 0 amide bonds. The highest BCUT2D eigenvalue weighted by atomic mass is 79.9. The van der Waals surface area contributed by atoms with Gasteiger partial charge >= 0.3 is 5.97 Å². The van der Waals surface area contributed by atoms with Crippen molar-refractivity contribution in [1.29, 1.82) is 0 Å². The topological polar surface area (TPSA) is 96.4 Å². The zero-order valence-electron chi connectivity index (χ0n) is 7.65. The van der Waals surface area contributed by atoms with Crippen LogP contribution in [-0.2, 0) is 14.8 Å². The molecule has 0 unspecified atom stereocenters. The first kappa shape index (κ1) is 13.2. The average Bonchev–Trinajstić information content (AvgIpc) is 2.08. The Morgan fingerprint density at radius 2 is 2.25 bits per heavy atom. The number of aliphatic carboxylic acids is 1. The molecule has 0 spiro atoms. The number of carbonyl (C=O) groups is 1. The molecule has 2 N–H and O–H groups in total. The van der Waals surface area contributed by atoms with Crippen LogP contribution in [0.5, 0.6) is 0 Å². The van der Waals surface area contributed by atoms with Crippen LogP contribution in [0.3, 0.4) is 0 Å². The minimum absolute atomic E-state index is 0.137. The maximum atomic E-state index is 11.2. The lowest BCUT2D eigenvalue weighted by atomic mass is 10.4. The maximum absolute atomic E-state index is 11.2. The number of rotatable bonds is 4. The highest BCUT2D eigenvalue weighted by molar-refractivity contribution is 9.10. The molecular formula is C7H6BrClN2O4S. The smallest absolute Gasteiger partial charge is 0.320 e. The van der Waals surface area contributed by atoms with Gasteiger partial charge in [-0.05, 0) is 22.0 Å². The molecule has 0 saturated carbocycles. The third kappa shape index (κ3) is 3.95. The van der Waals surface area contributed by atoms with Crippen molar-refractivity contribution in [2.75, 3.05) is 10.5 Å². The summed E-state index contributed by atoms with van der Waals surface area (Å²) in [5.74, 6) is -2.44. The van der Waals surface area contributed by atoms with Crippen molar-refractivity contribution in [2.45, 2.75) is 0 Å². The molecule has 0 radical (unpaired) electrons. The molecule has 9 heteroatoms. The Bertz CT molecular complexity index is 519. The molecule has 0 aliphatic rings. The Hall–Kier alpha value is -0.860.